The average molecular weight is 174 g/mol. The van der Waals surface area contributed by atoms with Crippen LogP contribution in [0.5, 0.6) is 0 Å². The standard InChI is InChI=1S/C6H7FN2OS/c1-3(7)4-5(6(8)10)11-2-9-4/h2-3H,1H3,(H2,8,10). The van der Waals surface area contributed by atoms with Crippen molar-refractivity contribution in [3.63, 3.8) is 0 Å². The molecule has 1 unspecified atom stereocenters. The molecule has 0 aliphatic rings. The number of hydrogen-bond donors (Lipinski definition) is 1. The van der Waals surface area contributed by atoms with E-state index >= 15 is 0 Å². The van der Waals surface area contributed by atoms with Crippen LogP contribution >= 0.6 is 11.3 Å². The minimum atomic E-state index is -1.23. The van der Waals surface area contributed by atoms with Gasteiger partial charge in [0.25, 0.3) is 5.91 Å². The molecule has 0 aromatic carbocycles. The zero-order valence-corrected chi connectivity index (χ0v) is 6.69. The predicted octanol–water partition coefficient (Wildman–Crippen LogP) is 1.27. The number of nitrogens with zero attached hydrogens (tertiary/aromatic N) is 1. The van der Waals surface area contributed by atoms with Crippen LogP contribution < -0.4 is 5.73 Å². The van der Waals surface area contributed by atoms with Gasteiger partial charge in [-0.3, -0.25) is 4.79 Å². The Balaban J connectivity index is 3.06. The fourth-order valence-electron chi connectivity index (χ4n) is 0.722. The molecular formula is C6H7FN2OS. The maximum absolute atomic E-state index is 12.6. The monoisotopic (exact) mass is 174 g/mol. The third-order valence-electron chi connectivity index (χ3n) is 1.20. The first kappa shape index (κ1) is 8.13. The molecule has 0 saturated heterocycles. The number of halogens is 1. The topological polar surface area (TPSA) is 56.0 Å². The summed E-state index contributed by atoms with van der Waals surface area (Å²) in [4.78, 5) is 14.5. The Morgan fingerprint density at radius 2 is 2.55 bits per heavy atom. The molecule has 0 aliphatic heterocycles. The summed E-state index contributed by atoms with van der Waals surface area (Å²) in [6, 6.07) is 0. The Kier molecular flexibility index (Phi) is 2.19. The van der Waals surface area contributed by atoms with E-state index in [1.165, 1.54) is 12.4 Å². The number of carbonyl (C=O) groups excluding carboxylic acids is 1. The molecule has 1 heterocycles. The third-order valence-corrected chi connectivity index (χ3v) is 2.05. The Morgan fingerprint density at radius 1 is 1.91 bits per heavy atom. The van der Waals surface area contributed by atoms with Crippen molar-refractivity contribution in [3.8, 4) is 0 Å². The maximum Gasteiger partial charge on any atom is 0.260 e. The van der Waals surface area contributed by atoms with Crippen LogP contribution in [0.15, 0.2) is 5.51 Å². The lowest BCUT2D eigenvalue weighted by Gasteiger charge is -1.97. The van der Waals surface area contributed by atoms with Gasteiger partial charge in [-0.2, -0.15) is 0 Å². The number of carbonyl (C=O) groups is 1. The Morgan fingerprint density at radius 3 is 2.91 bits per heavy atom. The number of nitrogens with two attached hydrogens (primary N) is 1. The molecule has 0 radical (unpaired) electrons. The van der Waals surface area contributed by atoms with Crippen LogP contribution in [-0.2, 0) is 0 Å². The van der Waals surface area contributed by atoms with Crippen LogP contribution in [-0.4, -0.2) is 10.9 Å². The number of hydrogen-bond acceptors (Lipinski definition) is 3. The number of alkyl halides is 1. The van der Waals surface area contributed by atoms with Crippen molar-refractivity contribution in [2.45, 2.75) is 13.1 Å². The molecule has 1 amide bonds. The lowest BCUT2D eigenvalue weighted by Crippen LogP contribution is -2.11. The molecule has 2 N–H and O–H groups in total. The molecule has 5 heteroatoms. The summed E-state index contributed by atoms with van der Waals surface area (Å²) in [7, 11) is 0. The summed E-state index contributed by atoms with van der Waals surface area (Å²) < 4.78 is 12.6. The summed E-state index contributed by atoms with van der Waals surface area (Å²) in [6.07, 6.45) is -1.23. The Hall–Kier alpha value is -0.970. The first-order valence-electron chi connectivity index (χ1n) is 3.00. The molecule has 1 aromatic rings. The normalized spacial score (nSPS) is 12.9. The molecule has 0 fully saturated rings. The van der Waals surface area contributed by atoms with Crippen LogP contribution in [0.4, 0.5) is 4.39 Å². The summed E-state index contributed by atoms with van der Waals surface area (Å²) in [5.74, 6) is -0.619. The molecular weight excluding hydrogens is 167 g/mol. The lowest BCUT2D eigenvalue weighted by molar-refractivity contribution is 0.100. The van der Waals surface area contributed by atoms with Crippen LogP contribution in [0, 0.1) is 0 Å². The van der Waals surface area contributed by atoms with E-state index in [2.05, 4.69) is 4.98 Å². The first-order chi connectivity index (χ1) is 5.13. The summed E-state index contributed by atoms with van der Waals surface area (Å²) >= 11 is 1.06. The smallest absolute Gasteiger partial charge is 0.260 e. The third kappa shape index (κ3) is 1.54. The van der Waals surface area contributed by atoms with Crippen molar-refractivity contribution in [3.05, 3.63) is 16.1 Å². The number of rotatable bonds is 2. The molecule has 1 aromatic heterocycles. The van der Waals surface area contributed by atoms with Crippen LogP contribution in [0.25, 0.3) is 0 Å². The number of aromatic nitrogens is 1. The van der Waals surface area contributed by atoms with Gasteiger partial charge in [-0.05, 0) is 6.92 Å². The summed E-state index contributed by atoms with van der Waals surface area (Å²) in [6.45, 7) is 1.32. The summed E-state index contributed by atoms with van der Waals surface area (Å²) in [5.41, 5.74) is 6.51. The van der Waals surface area contributed by atoms with Gasteiger partial charge in [-0.25, -0.2) is 9.37 Å². The predicted molar refractivity (Wildman–Crippen MR) is 40.2 cm³/mol. The zero-order valence-electron chi connectivity index (χ0n) is 5.87. The fraction of sp³-hybridized carbons (Fsp3) is 0.333. The van der Waals surface area contributed by atoms with E-state index in [0.29, 0.717) is 0 Å². The summed E-state index contributed by atoms with van der Waals surface area (Å²) in [5, 5.41) is 0. The van der Waals surface area contributed by atoms with Crippen LogP contribution in [0.1, 0.15) is 28.5 Å². The van der Waals surface area contributed by atoms with Gasteiger partial charge in [0.05, 0.1) is 11.2 Å². The molecule has 0 saturated carbocycles. The molecule has 1 rings (SSSR count). The highest BCUT2D eigenvalue weighted by molar-refractivity contribution is 7.11. The van der Waals surface area contributed by atoms with Gasteiger partial charge >= 0.3 is 0 Å². The molecule has 11 heavy (non-hydrogen) atoms. The number of amides is 1. The number of thiazole rings is 1. The van der Waals surface area contributed by atoms with E-state index in [-0.39, 0.29) is 10.6 Å². The quantitative estimate of drug-likeness (QED) is 0.734. The second kappa shape index (κ2) is 2.96. The van der Waals surface area contributed by atoms with E-state index in [0.717, 1.165) is 11.3 Å². The van der Waals surface area contributed by atoms with E-state index in [9.17, 15) is 9.18 Å². The van der Waals surface area contributed by atoms with Crippen molar-refractivity contribution in [1.82, 2.24) is 4.98 Å². The van der Waals surface area contributed by atoms with Gasteiger partial charge in [0.15, 0.2) is 0 Å². The maximum atomic E-state index is 12.6. The van der Waals surface area contributed by atoms with E-state index in [1.807, 2.05) is 0 Å². The van der Waals surface area contributed by atoms with Crippen molar-refractivity contribution >= 4 is 17.2 Å². The van der Waals surface area contributed by atoms with E-state index in [1.54, 1.807) is 0 Å². The van der Waals surface area contributed by atoms with Crippen molar-refractivity contribution in [2.75, 3.05) is 0 Å². The molecule has 3 nitrogen and oxygen atoms in total. The highest BCUT2D eigenvalue weighted by Gasteiger charge is 2.16. The van der Waals surface area contributed by atoms with E-state index in [4.69, 9.17) is 5.73 Å². The van der Waals surface area contributed by atoms with Gasteiger partial charge in [0, 0.05) is 0 Å². The fourth-order valence-corrected chi connectivity index (χ4v) is 1.45. The Labute approximate surface area is 67.1 Å². The SMILES string of the molecule is CC(F)c1ncsc1C(N)=O. The zero-order chi connectivity index (χ0) is 8.43. The van der Waals surface area contributed by atoms with Crippen LogP contribution in [0.3, 0.4) is 0 Å². The second-order valence-electron chi connectivity index (χ2n) is 2.05. The lowest BCUT2D eigenvalue weighted by atomic mass is 10.2. The molecule has 0 aliphatic carbocycles. The minimum Gasteiger partial charge on any atom is -0.365 e. The largest absolute Gasteiger partial charge is 0.365 e. The van der Waals surface area contributed by atoms with Gasteiger partial charge in [0.1, 0.15) is 11.0 Å². The minimum absolute atomic E-state index is 0.141. The van der Waals surface area contributed by atoms with Gasteiger partial charge in [0.2, 0.25) is 0 Å². The van der Waals surface area contributed by atoms with Crippen molar-refractivity contribution < 1.29 is 9.18 Å². The van der Waals surface area contributed by atoms with Crippen molar-refractivity contribution in [1.29, 1.82) is 0 Å². The molecule has 1 atom stereocenters. The second-order valence-corrected chi connectivity index (χ2v) is 2.90. The van der Waals surface area contributed by atoms with Gasteiger partial charge in [-0.15, -0.1) is 11.3 Å². The van der Waals surface area contributed by atoms with Gasteiger partial charge < -0.3 is 5.73 Å². The number of primary amides is 1. The molecule has 60 valence electrons. The highest BCUT2D eigenvalue weighted by atomic mass is 32.1. The van der Waals surface area contributed by atoms with Crippen LogP contribution in [0.2, 0.25) is 0 Å². The average Bonchev–Trinajstić information content (AvgIpc) is 2.32. The van der Waals surface area contributed by atoms with Crippen molar-refractivity contribution in [2.24, 2.45) is 5.73 Å². The highest BCUT2D eigenvalue weighted by Crippen LogP contribution is 2.21. The van der Waals surface area contributed by atoms with E-state index < -0.39 is 12.1 Å². The molecule has 0 bridgehead atoms. The first-order valence-corrected chi connectivity index (χ1v) is 3.88. The molecule has 0 spiro atoms. The van der Waals surface area contributed by atoms with Gasteiger partial charge in [-0.1, -0.05) is 0 Å². The Bertz CT molecular complexity index is 271.